The largest absolute Gasteiger partial charge is 0.330 e. The van der Waals surface area contributed by atoms with E-state index < -0.39 is 0 Å². The van der Waals surface area contributed by atoms with Crippen molar-refractivity contribution in [2.75, 3.05) is 46.3 Å². The molecule has 0 saturated carbocycles. The highest BCUT2D eigenvalue weighted by molar-refractivity contribution is 4.81. The molecule has 2 fully saturated rings. The second-order valence-electron chi connectivity index (χ2n) is 5.44. The third kappa shape index (κ3) is 3.16. The molecule has 0 radical (unpaired) electrons. The summed E-state index contributed by atoms with van der Waals surface area (Å²) in [5.74, 6) is 1.68. The minimum absolute atomic E-state index is 0.755. The van der Waals surface area contributed by atoms with E-state index in [1.165, 1.54) is 52.0 Å². The van der Waals surface area contributed by atoms with Crippen LogP contribution in [0.2, 0.25) is 0 Å². The van der Waals surface area contributed by atoms with Gasteiger partial charge >= 0.3 is 0 Å². The zero-order chi connectivity index (χ0) is 10.7. The number of hydrogen-bond acceptors (Lipinski definition) is 3. The Bertz CT molecular complexity index is 189. The topological polar surface area (TPSA) is 32.5 Å². The molecule has 0 aromatic heterocycles. The van der Waals surface area contributed by atoms with Gasteiger partial charge in [-0.25, -0.2) is 0 Å². The molecule has 15 heavy (non-hydrogen) atoms. The predicted molar refractivity (Wildman–Crippen MR) is 63.8 cm³/mol. The maximum Gasteiger partial charge on any atom is 0.00343 e. The number of likely N-dealkylation sites (tertiary alicyclic amines) is 2. The lowest BCUT2D eigenvalue weighted by Gasteiger charge is -2.39. The van der Waals surface area contributed by atoms with Crippen molar-refractivity contribution in [2.24, 2.45) is 17.6 Å². The van der Waals surface area contributed by atoms with Gasteiger partial charge in [-0.1, -0.05) is 6.42 Å². The summed E-state index contributed by atoms with van der Waals surface area (Å²) in [6.07, 6.45) is 4.10. The van der Waals surface area contributed by atoms with Crippen molar-refractivity contribution in [1.82, 2.24) is 9.80 Å². The van der Waals surface area contributed by atoms with E-state index in [2.05, 4.69) is 16.8 Å². The molecular formula is C12H25N3. The molecule has 0 bridgehead atoms. The highest BCUT2D eigenvalue weighted by Crippen LogP contribution is 2.19. The van der Waals surface area contributed by atoms with Gasteiger partial charge in [0, 0.05) is 26.2 Å². The summed E-state index contributed by atoms with van der Waals surface area (Å²) in [6.45, 7) is 7.32. The molecule has 2 N–H and O–H groups in total. The minimum Gasteiger partial charge on any atom is -0.330 e. The lowest BCUT2D eigenvalue weighted by atomic mass is 9.99. The molecule has 0 aromatic rings. The maximum atomic E-state index is 5.80. The molecule has 0 spiro atoms. The van der Waals surface area contributed by atoms with E-state index in [4.69, 9.17) is 5.73 Å². The van der Waals surface area contributed by atoms with Crippen LogP contribution in [0.1, 0.15) is 19.3 Å². The van der Waals surface area contributed by atoms with E-state index in [-0.39, 0.29) is 0 Å². The van der Waals surface area contributed by atoms with Crippen LogP contribution in [0, 0.1) is 11.8 Å². The van der Waals surface area contributed by atoms with E-state index in [0.29, 0.717) is 0 Å². The van der Waals surface area contributed by atoms with Crippen LogP contribution in [0.3, 0.4) is 0 Å². The second kappa shape index (κ2) is 5.28. The normalized spacial score (nSPS) is 31.2. The maximum absolute atomic E-state index is 5.80. The summed E-state index contributed by atoms with van der Waals surface area (Å²) < 4.78 is 0. The molecule has 2 saturated heterocycles. The van der Waals surface area contributed by atoms with Crippen molar-refractivity contribution in [1.29, 1.82) is 0 Å². The van der Waals surface area contributed by atoms with E-state index in [9.17, 15) is 0 Å². The Labute approximate surface area is 93.6 Å². The zero-order valence-corrected chi connectivity index (χ0v) is 9.99. The van der Waals surface area contributed by atoms with Gasteiger partial charge in [-0.2, -0.15) is 0 Å². The van der Waals surface area contributed by atoms with Crippen molar-refractivity contribution < 1.29 is 0 Å². The van der Waals surface area contributed by atoms with E-state index in [1.54, 1.807) is 0 Å². The van der Waals surface area contributed by atoms with Crippen molar-refractivity contribution >= 4 is 0 Å². The van der Waals surface area contributed by atoms with E-state index >= 15 is 0 Å². The summed E-state index contributed by atoms with van der Waals surface area (Å²) in [5, 5.41) is 0. The first-order valence-corrected chi connectivity index (χ1v) is 6.39. The first-order valence-electron chi connectivity index (χ1n) is 6.39. The molecule has 1 unspecified atom stereocenters. The van der Waals surface area contributed by atoms with Crippen LogP contribution in [-0.4, -0.2) is 56.1 Å². The van der Waals surface area contributed by atoms with Gasteiger partial charge in [0.25, 0.3) is 0 Å². The summed E-state index contributed by atoms with van der Waals surface area (Å²) in [5.41, 5.74) is 5.80. The first-order chi connectivity index (χ1) is 7.28. The molecule has 0 amide bonds. The van der Waals surface area contributed by atoms with Gasteiger partial charge < -0.3 is 15.5 Å². The molecule has 1 atom stereocenters. The quantitative estimate of drug-likeness (QED) is 0.742. The average Bonchev–Trinajstić information content (AvgIpc) is 2.40. The molecule has 88 valence electrons. The fraction of sp³-hybridized carbons (Fsp3) is 1.00. The van der Waals surface area contributed by atoms with Gasteiger partial charge in [0.05, 0.1) is 0 Å². The summed E-state index contributed by atoms with van der Waals surface area (Å²) in [4.78, 5) is 5.06. The number of nitrogens with zero attached hydrogens (tertiary/aromatic N) is 2. The molecule has 2 heterocycles. The van der Waals surface area contributed by atoms with Gasteiger partial charge in [-0.05, 0) is 44.8 Å². The lowest BCUT2D eigenvalue weighted by molar-refractivity contribution is 0.0874. The number of hydrogen-bond donors (Lipinski definition) is 1. The first kappa shape index (κ1) is 11.4. The monoisotopic (exact) mass is 211 g/mol. The Morgan fingerprint density at radius 2 is 1.93 bits per heavy atom. The van der Waals surface area contributed by atoms with Crippen LogP contribution in [0.5, 0.6) is 0 Å². The third-order valence-electron chi connectivity index (χ3n) is 3.84. The summed E-state index contributed by atoms with van der Waals surface area (Å²) in [6, 6.07) is 0. The SMILES string of the molecule is CN1CC(CN2CCCCC(CN)C2)C1. The number of rotatable bonds is 3. The fourth-order valence-corrected chi connectivity index (χ4v) is 2.98. The van der Waals surface area contributed by atoms with Crippen molar-refractivity contribution in [2.45, 2.75) is 19.3 Å². The second-order valence-corrected chi connectivity index (χ2v) is 5.44. The van der Waals surface area contributed by atoms with Gasteiger partial charge in [-0.15, -0.1) is 0 Å². The standard InChI is InChI=1S/C12H25N3/c1-14-7-12(8-14)10-15-5-3-2-4-11(6-13)9-15/h11-12H,2-10,13H2,1H3. The van der Waals surface area contributed by atoms with E-state index in [0.717, 1.165) is 18.4 Å². The Morgan fingerprint density at radius 3 is 2.60 bits per heavy atom. The van der Waals surface area contributed by atoms with Crippen molar-refractivity contribution in [3.63, 3.8) is 0 Å². The lowest BCUT2D eigenvalue weighted by Crippen LogP contribution is -2.50. The van der Waals surface area contributed by atoms with Crippen molar-refractivity contribution in [3.05, 3.63) is 0 Å². The van der Waals surface area contributed by atoms with Crippen LogP contribution >= 0.6 is 0 Å². The van der Waals surface area contributed by atoms with Crippen molar-refractivity contribution in [3.8, 4) is 0 Å². The molecule has 0 aromatic carbocycles. The highest BCUT2D eigenvalue weighted by Gasteiger charge is 2.26. The Morgan fingerprint density at radius 1 is 1.13 bits per heavy atom. The molecular weight excluding hydrogens is 186 g/mol. The zero-order valence-electron chi connectivity index (χ0n) is 9.99. The third-order valence-corrected chi connectivity index (χ3v) is 3.84. The predicted octanol–water partition coefficient (Wildman–Crippen LogP) is 0.609. The molecule has 2 aliphatic rings. The van der Waals surface area contributed by atoms with Gasteiger partial charge in [0.2, 0.25) is 0 Å². The smallest absolute Gasteiger partial charge is 0.00343 e. The van der Waals surface area contributed by atoms with Gasteiger partial charge in [0.1, 0.15) is 0 Å². The van der Waals surface area contributed by atoms with Crippen LogP contribution in [0.25, 0.3) is 0 Å². The molecule has 2 rings (SSSR count). The fourth-order valence-electron chi connectivity index (χ4n) is 2.98. The molecule has 2 aliphatic heterocycles. The molecule has 3 nitrogen and oxygen atoms in total. The van der Waals surface area contributed by atoms with Crippen LogP contribution in [-0.2, 0) is 0 Å². The molecule has 0 aliphatic carbocycles. The van der Waals surface area contributed by atoms with Gasteiger partial charge in [-0.3, -0.25) is 0 Å². The Balaban J connectivity index is 1.74. The Kier molecular flexibility index (Phi) is 4.00. The van der Waals surface area contributed by atoms with E-state index in [1.807, 2.05) is 0 Å². The van der Waals surface area contributed by atoms with Crippen LogP contribution in [0.4, 0.5) is 0 Å². The Hall–Kier alpha value is -0.120. The summed E-state index contributed by atoms with van der Waals surface area (Å²) >= 11 is 0. The minimum atomic E-state index is 0.755. The average molecular weight is 211 g/mol. The van der Waals surface area contributed by atoms with Gasteiger partial charge in [0.15, 0.2) is 0 Å². The molecule has 3 heteroatoms. The van der Waals surface area contributed by atoms with Crippen LogP contribution < -0.4 is 5.73 Å². The van der Waals surface area contributed by atoms with Crippen LogP contribution in [0.15, 0.2) is 0 Å². The summed E-state index contributed by atoms with van der Waals surface area (Å²) in [7, 11) is 2.21. The highest BCUT2D eigenvalue weighted by atomic mass is 15.2. The number of nitrogens with two attached hydrogens (primary N) is 1.